The molecule has 1 nitrogen and oxygen atoms in total. The van der Waals surface area contributed by atoms with Crippen LogP contribution in [0.4, 0.5) is 0 Å². The first-order valence-electron chi connectivity index (χ1n) is 7.20. The number of hydrogen-bond acceptors (Lipinski definition) is 1. The van der Waals surface area contributed by atoms with Crippen molar-refractivity contribution < 1.29 is 5.11 Å². The monoisotopic (exact) mass is 244 g/mol. The van der Waals surface area contributed by atoms with Crippen molar-refractivity contribution in [2.45, 2.75) is 46.5 Å². The van der Waals surface area contributed by atoms with Crippen molar-refractivity contribution in [2.24, 2.45) is 23.2 Å². The topological polar surface area (TPSA) is 20.2 Å². The molecule has 0 aliphatic heterocycles. The normalized spacial score (nSPS) is 37.1. The number of aromatic hydroxyl groups is 1. The highest BCUT2D eigenvalue weighted by molar-refractivity contribution is 5.40. The molecule has 98 valence electrons. The summed E-state index contributed by atoms with van der Waals surface area (Å²) < 4.78 is 0. The molecule has 4 atom stereocenters. The Balaban J connectivity index is 1.93. The summed E-state index contributed by atoms with van der Waals surface area (Å²) in [5.74, 6) is 3.46. The summed E-state index contributed by atoms with van der Waals surface area (Å²) in [6, 6.07) is 6.20. The molecule has 2 aliphatic rings. The number of fused-ring (bicyclic) bond motifs is 2. The SMILES string of the molecule is Cc1ccc([C@H]2C[C@@H]3C[C@@H]2[C@H](C)C3(C)C)c(O)c1. The van der Waals surface area contributed by atoms with E-state index in [2.05, 4.69) is 32.9 Å². The summed E-state index contributed by atoms with van der Waals surface area (Å²) >= 11 is 0. The number of phenols is 1. The molecule has 18 heavy (non-hydrogen) atoms. The van der Waals surface area contributed by atoms with E-state index >= 15 is 0 Å². The van der Waals surface area contributed by atoms with Crippen LogP contribution >= 0.6 is 0 Å². The van der Waals surface area contributed by atoms with Crippen LogP contribution in [-0.2, 0) is 0 Å². The predicted molar refractivity (Wildman–Crippen MR) is 74.7 cm³/mol. The van der Waals surface area contributed by atoms with Gasteiger partial charge in [-0.3, -0.25) is 0 Å². The maximum absolute atomic E-state index is 10.2. The van der Waals surface area contributed by atoms with Gasteiger partial charge in [0.1, 0.15) is 5.75 Å². The molecule has 2 fully saturated rings. The Morgan fingerprint density at radius 2 is 1.94 bits per heavy atom. The van der Waals surface area contributed by atoms with Crippen molar-refractivity contribution in [3.63, 3.8) is 0 Å². The van der Waals surface area contributed by atoms with E-state index in [0.717, 1.165) is 23.3 Å². The summed E-state index contributed by atoms with van der Waals surface area (Å²) in [6.45, 7) is 9.29. The lowest BCUT2D eigenvalue weighted by Gasteiger charge is -2.40. The maximum Gasteiger partial charge on any atom is 0.119 e. The van der Waals surface area contributed by atoms with Gasteiger partial charge in [-0.1, -0.05) is 32.9 Å². The van der Waals surface area contributed by atoms with Crippen LogP contribution in [0.15, 0.2) is 18.2 Å². The fourth-order valence-corrected chi connectivity index (χ4v) is 4.48. The summed E-state index contributed by atoms with van der Waals surface area (Å²) in [4.78, 5) is 0. The molecule has 2 aliphatic carbocycles. The first-order valence-corrected chi connectivity index (χ1v) is 7.20. The van der Waals surface area contributed by atoms with E-state index in [1.54, 1.807) is 0 Å². The number of benzene rings is 1. The average molecular weight is 244 g/mol. The molecule has 0 radical (unpaired) electrons. The zero-order valence-corrected chi connectivity index (χ0v) is 11.9. The van der Waals surface area contributed by atoms with Crippen molar-refractivity contribution in [3.8, 4) is 5.75 Å². The first kappa shape index (κ1) is 12.1. The number of rotatable bonds is 1. The zero-order chi connectivity index (χ0) is 13.1. The molecule has 2 bridgehead atoms. The Bertz CT molecular complexity index is 470. The highest BCUT2D eigenvalue weighted by Crippen LogP contribution is 2.64. The van der Waals surface area contributed by atoms with Crippen molar-refractivity contribution >= 4 is 0 Å². The molecule has 0 spiro atoms. The predicted octanol–water partition coefficient (Wildman–Crippen LogP) is 4.49. The van der Waals surface area contributed by atoms with E-state index in [-0.39, 0.29) is 0 Å². The molecule has 1 N–H and O–H groups in total. The molecule has 2 saturated carbocycles. The minimum Gasteiger partial charge on any atom is -0.508 e. The van der Waals surface area contributed by atoms with Crippen LogP contribution in [0.1, 0.15) is 50.7 Å². The molecular formula is C17H24O. The fourth-order valence-electron chi connectivity index (χ4n) is 4.48. The first-order chi connectivity index (χ1) is 8.41. The van der Waals surface area contributed by atoms with Gasteiger partial charge in [-0.05, 0) is 66.0 Å². The second-order valence-electron chi connectivity index (χ2n) is 7.11. The standard InChI is InChI=1S/C17H24O/c1-10-5-6-13(16(18)7-10)15-9-12-8-14(15)11(2)17(12,3)4/h5-7,11-12,14-15,18H,8-9H2,1-4H3/t11-,12-,14+,15+/m0/s1. The smallest absolute Gasteiger partial charge is 0.119 e. The molecular weight excluding hydrogens is 220 g/mol. The van der Waals surface area contributed by atoms with Gasteiger partial charge in [0, 0.05) is 0 Å². The summed E-state index contributed by atoms with van der Waals surface area (Å²) in [5.41, 5.74) is 2.82. The number of aryl methyl sites for hydroxylation is 1. The molecule has 0 aromatic heterocycles. The Kier molecular flexibility index (Phi) is 2.52. The third kappa shape index (κ3) is 1.52. The Morgan fingerprint density at radius 3 is 2.50 bits per heavy atom. The van der Waals surface area contributed by atoms with Crippen molar-refractivity contribution in [3.05, 3.63) is 29.3 Å². The summed E-state index contributed by atoms with van der Waals surface area (Å²) in [6.07, 6.45) is 2.62. The van der Waals surface area contributed by atoms with Crippen LogP contribution < -0.4 is 0 Å². The third-order valence-corrected chi connectivity index (χ3v) is 6.07. The molecule has 0 saturated heterocycles. The van der Waals surface area contributed by atoms with E-state index in [9.17, 15) is 5.11 Å². The highest BCUT2D eigenvalue weighted by Gasteiger charge is 2.55. The minimum absolute atomic E-state index is 0.488. The van der Waals surface area contributed by atoms with Gasteiger partial charge in [-0.2, -0.15) is 0 Å². The molecule has 1 heteroatoms. The van der Waals surface area contributed by atoms with Crippen LogP contribution in [0, 0.1) is 30.1 Å². The molecule has 3 rings (SSSR count). The van der Waals surface area contributed by atoms with E-state index in [1.807, 2.05) is 13.0 Å². The lowest BCUT2D eigenvalue weighted by atomic mass is 9.65. The Hall–Kier alpha value is -0.980. The van der Waals surface area contributed by atoms with Gasteiger partial charge in [0.25, 0.3) is 0 Å². The van der Waals surface area contributed by atoms with Crippen LogP contribution in [0.3, 0.4) is 0 Å². The van der Waals surface area contributed by atoms with Gasteiger partial charge in [0.2, 0.25) is 0 Å². The third-order valence-electron chi connectivity index (χ3n) is 6.07. The van der Waals surface area contributed by atoms with Gasteiger partial charge in [0.15, 0.2) is 0 Å². The quantitative estimate of drug-likeness (QED) is 0.772. The van der Waals surface area contributed by atoms with Gasteiger partial charge in [-0.25, -0.2) is 0 Å². The van der Waals surface area contributed by atoms with Crippen molar-refractivity contribution in [1.29, 1.82) is 0 Å². The largest absolute Gasteiger partial charge is 0.508 e. The molecule has 1 aromatic carbocycles. The van der Waals surface area contributed by atoms with Crippen molar-refractivity contribution in [2.75, 3.05) is 0 Å². The van der Waals surface area contributed by atoms with Gasteiger partial charge in [-0.15, -0.1) is 0 Å². The zero-order valence-electron chi connectivity index (χ0n) is 11.9. The van der Waals surface area contributed by atoms with Gasteiger partial charge >= 0.3 is 0 Å². The van der Waals surface area contributed by atoms with Crippen LogP contribution in [0.2, 0.25) is 0 Å². The minimum atomic E-state index is 0.488. The fraction of sp³-hybridized carbons (Fsp3) is 0.647. The molecule has 0 amide bonds. The molecule has 1 aromatic rings. The van der Waals surface area contributed by atoms with Crippen molar-refractivity contribution in [1.82, 2.24) is 0 Å². The summed E-state index contributed by atoms with van der Waals surface area (Å²) in [5, 5.41) is 10.2. The second kappa shape index (κ2) is 3.76. The lowest BCUT2D eigenvalue weighted by molar-refractivity contribution is 0.121. The Labute approximate surface area is 110 Å². The second-order valence-corrected chi connectivity index (χ2v) is 7.11. The average Bonchev–Trinajstić information content (AvgIpc) is 2.79. The van der Waals surface area contributed by atoms with E-state index in [1.165, 1.54) is 18.4 Å². The van der Waals surface area contributed by atoms with Crippen LogP contribution in [0.25, 0.3) is 0 Å². The number of hydrogen-bond donors (Lipinski definition) is 1. The molecule has 0 unspecified atom stereocenters. The van der Waals surface area contributed by atoms with E-state index in [0.29, 0.717) is 17.1 Å². The lowest BCUT2D eigenvalue weighted by Crippen LogP contribution is -2.32. The highest BCUT2D eigenvalue weighted by atomic mass is 16.3. The van der Waals surface area contributed by atoms with Gasteiger partial charge < -0.3 is 5.11 Å². The van der Waals surface area contributed by atoms with Crippen LogP contribution in [-0.4, -0.2) is 5.11 Å². The molecule has 0 heterocycles. The maximum atomic E-state index is 10.2. The van der Waals surface area contributed by atoms with Crippen LogP contribution in [0.5, 0.6) is 5.75 Å². The van der Waals surface area contributed by atoms with Gasteiger partial charge in [0.05, 0.1) is 0 Å². The van der Waals surface area contributed by atoms with E-state index in [4.69, 9.17) is 0 Å². The Morgan fingerprint density at radius 1 is 1.22 bits per heavy atom. The number of phenolic OH excluding ortho intramolecular Hbond substituents is 1. The summed E-state index contributed by atoms with van der Waals surface area (Å²) in [7, 11) is 0. The van der Waals surface area contributed by atoms with E-state index < -0.39 is 0 Å².